The van der Waals surface area contributed by atoms with Crippen LogP contribution in [0.5, 0.6) is 11.5 Å². The van der Waals surface area contributed by atoms with Gasteiger partial charge in [0.2, 0.25) is 0 Å². The highest BCUT2D eigenvalue weighted by Crippen LogP contribution is 2.32. The van der Waals surface area contributed by atoms with E-state index in [1.54, 1.807) is 0 Å². The molecule has 2 aromatic rings. The summed E-state index contributed by atoms with van der Waals surface area (Å²) >= 11 is 3.58. The lowest BCUT2D eigenvalue weighted by atomic mass is 10.1. The van der Waals surface area contributed by atoms with Gasteiger partial charge in [-0.2, -0.15) is 0 Å². The van der Waals surface area contributed by atoms with Crippen molar-refractivity contribution in [2.24, 2.45) is 0 Å². The Kier molecular flexibility index (Phi) is 4.84. The number of benzene rings is 2. The van der Waals surface area contributed by atoms with Gasteiger partial charge in [0.15, 0.2) is 0 Å². The van der Waals surface area contributed by atoms with E-state index in [2.05, 4.69) is 66.3 Å². The zero-order valence-electron chi connectivity index (χ0n) is 12.3. The molecule has 0 aliphatic carbocycles. The third-order valence-corrected chi connectivity index (χ3v) is 4.21. The molecule has 1 N–H and O–H groups in total. The minimum absolute atomic E-state index is 0.321. The molecule has 2 aromatic carbocycles. The van der Waals surface area contributed by atoms with Gasteiger partial charge in [0.1, 0.15) is 11.5 Å². The van der Waals surface area contributed by atoms with E-state index in [1.807, 2.05) is 19.2 Å². The smallest absolute Gasteiger partial charge is 0.141 e. The number of hydrogen-bond acceptors (Lipinski definition) is 2. The van der Waals surface area contributed by atoms with Gasteiger partial charge >= 0.3 is 0 Å². The van der Waals surface area contributed by atoms with Gasteiger partial charge < -0.3 is 10.1 Å². The molecule has 0 fully saturated rings. The van der Waals surface area contributed by atoms with Crippen molar-refractivity contribution in [1.29, 1.82) is 0 Å². The van der Waals surface area contributed by atoms with Crippen molar-refractivity contribution >= 4 is 15.9 Å². The Balaban J connectivity index is 2.23. The van der Waals surface area contributed by atoms with Crippen molar-refractivity contribution in [3.8, 4) is 11.5 Å². The molecule has 0 aliphatic heterocycles. The summed E-state index contributed by atoms with van der Waals surface area (Å²) in [5, 5.41) is 3.23. The van der Waals surface area contributed by atoms with Gasteiger partial charge in [-0.1, -0.05) is 12.1 Å². The largest absolute Gasteiger partial charge is 0.456 e. The number of nitrogens with one attached hydrogen (secondary N) is 1. The van der Waals surface area contributed by atoms with Crippen LogP contribution in [0.1, 0.15) is 29.7 Å². The van der Waals surface area contributed by atoms with Crippen LogP contribution in [0.3, 0.4) is 0 Å². The molecule has 0 bridgehead atoms. The summed E-state index contributed by atoms with van der Waals surface area (Å²) in [5.74, 6) is 1.70. The first kappa shape index (κ1) is 15.1. The van der Waals surface area contributed by atoms with E-state index in [0.29, 0.717) is 6.04 Å². The summed E-state index contributed by atoms with van der Waals surface area (Å²) in [6.45, 7) is 6.32. The van der Waals surface area contributed by atoms with Crippen LogP contribution in [0.2, 0.25) is 0 Å². The molecule has 0 saturated heterocycles. The highest BCUT2D eigenvalue weighted by atomic mass is 79.9. The molecule has 0 radical (unpaired) electrons. The molecule has 0 heterocycles. The first-order valence-corrected chi connectivity index (χ1v) is 7.52. The summed E-state index contributed by atoms with van der Waals surface area (Å²) in [4.78, 5) is 0. The highest BCUT2D eigenvalue weighted by molar-refractivity contribution is 9.10. The molecule has 0 spiro atoms. The van der Waals surface area contributed by atoms with Gasteiger partial charge in [0, 0.05) is 6.04 Å². The van der Waals surface area contributed by atoms with E-state index in [-0.39, 0.29) is 0 Å². The monoisotopic (exact) mass is 333 g/mol. The lowest BCUT2D eigenvalue weighted by Gasteiger charge is -2.14. The molecule has 20 heavy (non-hydrogen) atoms. The lowest BCUT2D eigenvalue weighted by Crippen LogP contribution is -2.12. The average Bonchev–Trinajstić information content (AvgIpc) is 2.44. The highest BCUT2D eigenvalue weighted by Gasteiger charge is 2.08. The third-order valence-electron chi connectivity index (χ3n) is 3.60. The number of rotatable bonds is 4. The number of hydrogen-bond donors (Lipinski definition) is 1. The van der Waals surface area contributed by atoms with Crippen LogP contribution in [0.25, 0.3) is 0 Å². The van der Waals surface area contributed by atoms with E-state index < -0.39 is 0 Å². The van der Waals surface area contributed by atoms with Crippen LogP contribution in [-0.4, -0.2) is 7.05 Å². The van der Waals surface area contributed by atoms with Gasteiger partial charge in [0.25, 0.3) is 0 Å². The fourth-order valence-corrected chi connectivity index (χ4v) is 2.42. The van der Waals surface area contributed by atoms with Gasteiger partial charge in [-0.3, -0.25) is 0 Å². The second-order valence-corrected chi connectivity index (χ2v) is 5.90. The minimum atomic E-state index is 0.321. The summed E-state index contributed by atoms with van der Waals surface area (Å²) in [7, 11) is 1.96. The van der Waals surface area contributed by atoms with Crippen molar-refractivity contribution < 1.29 is 4.74 Å². The molecule has 2 nitrogen and oxygen atoms in total. The summed E-state index contributed by atoms with van der Waals surface area (Å²) in [6, 6.07) is 12.6. The maximum Gasteiger partial charge on any atom is 0.141 e. The van der Waals surface area contributed by atoms with E-state index in [0.717, 1.165) is 16.0 Å². The second kappa shape index (κ2) is 6.42. The molecule has 2 rings (SSSR count). The lowest BCUT2D eigenvalue weighted by molar-refractivity contribution is 0.478. The summed E-state index contributed by atoms with van der Waals surface area (Å²) < 4.78 is 6.91. The zero-order valence-corrected chi connectivity index (χ0v) is 13.9. The second-order valence-electron chi connectivity index (χ2n) is 5.05. The summed E-state index contributed by atoms with van der Waals surface area (Å²) in [5.41, 5.74) is 3.74. The number of aryl methyl sites for hydroxylation is 2. The van der Waals surface area contributed by atoms with Gasteiger partial charge in [-0.15, -0.1) is 0 Å². The fraction of sp³-hybridized carbons (Fsp3) is 0.294. The zero-order chi connectivity index (χ0) is 14.7. The van der Waals surface area contributed by atoms with Crippen LogP contribution in [0.4, 0.5) is 0 Å². The van der Waals surface area contributed by atoms with Crippen molar-refractivity contribution in [2.75, 3.05) is 7.05 Å². The maximum absolute atomic E-state index is 5.95. The number of halogens is 1. The van der Waals surface area contributed by atoms with Crippen LogP contribution in [0, 0.1) is 13.8 Å². The Hall–Kier alpha value is -1.32. The Bertz CT molecular complexity index is 610. The Morgan fingerprint density at radius 3 is 2.40 bits per heavy atom. The van der Waals surface area contributed by atoms with E-state index >= 15 is 0 Å². The fourth-order valence-electron chi connectivity index (χ4n) is 1.94. The molecule has 0 amide bonds. The maximum atomic E-state index is 5.95. The molecular formula is C17H20BrNO. The van der Waals surface area contributed by atoms with Crippen LogP contribution < -0.4 is 10.1 Å². The minimum Gasteiger partial charge on any atom is -0.456 e. The molecule has 0 saturated carbocycles. The first-order valence-electron chi connectivity index (χ1n) is 6.73. The molecule has 1 atom stereocenters. The Morgan fingerprint density at radius 2 is 1.80 bits per heavy atom. The standard InChI is InChI=1S/C17H20BrNO/c1-11-5-7-15(9-12(11)2)20-17-8-6-14(10-16(17)18)13(3)19-4/h5-10,13,19H,1-4H3. The van der Waals surface area contributed by atoms with Crippen molar-refractivity contribution in [3.05, 3.63) is 57.6 Å². The van der Waals surface area contributed by atoms with Crippen molar-refractivity contribution in [2.45, 2.75) is 26.8 Å². The van der Waals surface area contributed by atoms with Gasteiger partial charge in [-0.05, 0) is 84.7 Å². The Labute approximate surface area is 129 Å². The quantitative estimate of drug-likeness (QED) is 0.836. The van der Waals surface area contributed by atoms with Gasteiger partial charge in [0.05, 0.1) is 4.47 Å². The summed E-state index contributed by atoms with van der Waals surface area (Å²) in [6.07, 6.45) is 0. The predicted molar refractivity (Wildman–Crippen MR) is 87.6 cm³/mol. The van der Waals surface area contributed by atoms with E-state index in [9.17, 15) is 0 Å². The number of ether oxygens (including phenoxy) is 1. The van der Waals surface area contributed by atoms with E-state index in [1.165, 1.54) is 16.7 Å². The van der Waals surface area contributed by atoms with Crippen LogP contribution >= 0.6 is 15.9 Å². The average molecular weight is 334 g/mol. The normalized spacial score (nSPS) is 12.2. The topological polar surface area (TPSA) is 21.3 Å². The first-order chi connectivity index (χ1) is 9.51. The van der Waals surface area contributed by atoms with E-state index in [4.69, 9.17) is 4.74 Å². The molecule has 0 aromatic heterocycles. The van der Waals surface area contributed by atoms with Crippen LogP contribution in [0.15, 0.2) is 40.9 Å². The van der Waals surface area contributed by atoms with Gasteiger partial charge in [-0.25, -0.2) is 0 Å². The molecule has 3 heteroatoms. The molecule has 1 unspecified atom stereocenters. The molecular weight excluding hydrogens is 314 g/mol. The van der Waals surface area contributed by atoms with Crippen molar-refractivity contribution in [1.82, 2.24) is 5.32 Å². The predicted octanol–water partition coefficient (Wildman–Crippen LogP) is 5.14. The van der Waals surface area contributed by atoms with Crippen LogP contribution in [-0.2, 0) is 0 Å². The third kappa shape index (κ3) is 3.41. The molecule has 0 aliphatic rings. The Morgan fingerprint density at radius 1 is 1.05 bits per heavy atom. The molecule has 106 valence electrons. The SMILES string of the molecule is CNC(C)c1ccc(Oc2ccc(C)c(C)c2)c(Br)c1. The van der Waals surface area contributed by atoms with Crippen molar-refractivity contribution in [3.63, 3.8) is 0 Å².